The number of anilines is 2. The van der Waals surface area contributed by atoms with Crippen LogP contribution >= 0.6 is 11.3 Å². The van der Waals surface area contributed by atoms with Gasteiger partial charge in [0, 0.05) is 35.7 Å². The van der Waals surface area contributed by atoms with Crippen molar-refractivity contribution in [3.05, 3.63) is 84.1 Å². The molecule has 0 atom stereocenters. The van der Waals surface area contributed by atoms with Gasteiger partial charge in [-0.2, -0.15) is 0 Å². The van der Waals surface area contributed by atoms with Gasteiger partial charge < -0.3 is 9.73 Å². The number of thiazole rings is 1. The van der Waals surface area contributed by atoms with Crippen LogP contribution in [0, 0.1) is 0 Å². The van der Waals surface area contributed by atoms with Crippen LogP contribution in [0.25, 0.3) is 11.3 Å². The van der Waals surface area contributed by atoms with E-state index >= 15 is 0 Å². The second-order valence-corrected chi connectivity index (χ2v) is 9.22. The van der Waals surface area contributed by atoms with E-state index in [1.165, 1.54) is 29.7 Å². The molecule has 0 bridgehead atoms. The first-order valence-electron chi connectivity index (χ1n) is 9.46. The number of nitrogens with zero attached hydrogens (tertiary/aromatic N) is 1. The normalized spacial score (nSPS) is 11.2. The number of furan rings is 1. The first-order chi connectivity index (χ1) is 15.0. The van der Waals surface area contributed by atoms with Crippen molar-refractivity contribution in [1.82, 2.24) is 4.98 Å². The number of carbonyl (C=O) groups is 1. The predicted molar refractivity (Wildman–Crippen MR) is 120 cm³/mol. The van der Waals surface area contributed by atoms with Crippen molar-refractivity contribution < 1.29 is 17.6 Å². The van der Waals surface area contributed by atoms with Crippen molar-refractivity contribution in [1.29, 1.82) is 0 Å². The van der Waals surface area contributed by atoms with E-state index in [0.29, 0.717) is 17.2 Å². The fraction of sp³-hybridized carbons (Fsp3) is 0.0909. The lowest BCUT2D eigenvalue weighted by Gasteiger charge is -2.08. The summed E-state index contributed by atoms with van der Waals surface area (Å²) in [7, 11) is -3.72. The van der Waals surface area contributed by atoms with Crippen molar-refractivity contribution in [2.45, 2.75) is 17.7 Å². The zero-order valence-corrected chi connectivity index (χ0v) is 17.9. The summed E-state index contributed by atoms with van der Waals surface area (Å²) in [6, 6.07) is 19.5. The molecule has 0 radical (unpaired) electrons. The van der Waals surface area contributed by atoms with Crippen molar-refractivity contribution in [2.75, 3.05) is 10.0 Å². The summed E-state index contributed by atoms with van der Waals surface area (Å²) in [6.45, 7) is 0. The molecule has 9 heteroatoms. The third-order valence-electron chi connectivity index (χ3n) is 4.42. The smallest absolute Gasteiger partial charge is 0.263 e. The maximum absolute atomic E-state index is 12.4. The van der Waals surface area contributed by atoms with E-state index in [1.807, 2.05) is 42.5 Å². The average Bonchev–Trinajstić information content (AvgIpc) is 3.45. The number of carbonyl (C=O) groups excluding carboxylic acids is 1. The van der Waals surface area contributed by atoms with Gasteiger partial charge in [-0.3, -0.25) is 9.52 Å². The van der Waals surface area contributed by atoms with Gasteiger partial charge in [0.05, 0.1) is 4.90 Å². The van der Waals surface area contributed by atoms with Gasteiger partial charge in [-0.1, -0.05) is 30.3 Å². The van der Waals surface area contributed by atoms with E-state index in [-0.39, 0.29) is 17.2 Å². The minimum absolute atomic E-state index is 0.0877. The molecule has 4 rings (SSSR count). The van der Waals surface area contributed by atoms with Gasteiger partial charge in [-0.15, -0.1) is 11.3 Å². The van der Waals surface area contributed by atoms with Gasteiger partial charge in [0.2, 0.25) is 5.91 Å². The molecule has 0 fully saturated rings. The highest BCUT2D eigenvalue weighted by molar-refractivity contribution is 7.93. The number of benzene rings is 2. The Kier molecular flexibility index (Phi) is 6.15. The van der Waals surface area contributed by atoms with Gasteiger partial charge in [-0.05, 0) is 36.4 Å². The van der Waals surface area contributed by atoms with Crippen LogP contribution in [0.2, 0.25) is 0 Å². The lowest BCUT2D eigenvalue weighted by Crippen LogP contribution is -2.14. The van der Waals surface area contributed by atoms with Crippen LogP contribution in [0.5, 0.6) is 0 Å². The molecule has 0 spiro atoms. The Bertz CT molecular complexity index is 1250. The Balaban J connectivity index is 1.31. The maximum Gasteiger partial charge on any atom is 0.263 e. The molecule has 0 unspecified atom stereocenters. The van der Waals surface area contributed by atoms with Crippen LogP contribution in [-0.2, 0) is 21.2 Å². The fourth-order valence-electron chi connectivity index (χ4n) is 2.90. The van der Waals surface area contributed by atoms with Gasteiger partial charge in [0.15, 0.2) is 5.13 Å². The second kappa shape index (κ2) is 9.15. The topological polar surface area (TPSA) is 101 Å². The summed E-state index contributed by atoms with van der Waals surface area (Å²) in [5.74, 6) is 1.30. The van der Waals surface area contributed by atoms with E-state index in [9.17, 15) is 13.2 Å². The van der Waals surface area contributed by atoms with Crippen molar-refractivity contribution in [3.8, 4) is 11.3 Å². The van der Waals surface area contributed by atoms with E-state index < -0.39 is 10.0 Å². The lowest BCUT2D eigenvalue weighted by molar-refractivity contribution is -0.116. The van der Waals surface area contributed by atoms with E-state index in [2.05, 4.69) is 15.0 Å². The standard InChI is InChI=1S/C22H19N3O4S2/c26-21(13-9-18-8-12-20(29-18)16-4-2-1-3-5-16)24-17-6-10-19(11-7-17)31(27,28)25-22-23-14-15-30-22/h1-8,10-12,14-15H,9,13H2,(H,23,25)(H,24,26). The molecule has 2 aromatic carbocycles. The summed E-state index contributed by atoms with van der Waals surface area (Å²) in [4.78, 5) is 16.3. The zero-order chi connectivity index (χ0) is 21.7. The van der Waals surface area contributed by atoms with Crippen LogP contribution in [-0.4, -0.2) is 19.3 Å². The molecule has 0 saturated carbocycles. The molecule has 2 aromatic heterocycles. The minimum Gasteiger partial charge on any atom is -0.461 e. The Hall–Kier alpha value is -3.43. The predicted octanol–water partition coefficient (Wildman–Crippen LogP) is 4.78. The fourth-order valence-corrected chi connectivity index (χ4v) is 4.68. The monoisotopic (exact) mass is 453 g/mol. The molecule has 2 heterocycles. The number of rotatable bonds is 8. The summed E-state index contributed by atoms with van der Waals surface area (Å²) in [6.07, 6.45) is 2.22. The number of hydrogen-bond donors (Lipinski definition) is 2. The summed E-state index contributed by atoms with van der Waals surface area (Å²) >= 11 is 1.19. The van der Waals surface area contributed by atoms with Gasteiger partial charge in [0.1, 0.15) is 11.5 Å². The number of aromatic nitrogens is 1. The Labute approximate surface area is 183 Å². The van der Waals surface area contributed by atoms with Crippen LogP contribution in [0.15, 0.2) is 87.6 Å². The molecule has 31 heavy (non-hydrogen) atoms. The number of hydrogen-bond acceptors (Lipinski definition) is 6. The summed E-state index contributed by atoms with van der Waals surface area (Å²) in [5.41, 5.74) is 1.50. The quantitative estimate of drug-likeness (QED) is 0.400. The van der Waals surface area contributed by atoms with E-state index in [0.717, 1.165) is 17.1 Å². The van der Waals surface area contributed by atoms with Gasteiger partial charge >= 0.3 is 0 Å². The largest absolute Gasteiger partial charge is 0.461 e. The molecular weight excluding hydrogens is 434 g/mol. The van der Waals surface area contributed by atoms with Crippen molar-refractivity contribution in [3.63, 3.8) is 0 Å². The number of nitrogens with one attached hydrogen (secondary N) is 2. The van der Waals surface area contributed by atoms with Crippen LogP contribution < -0.4 is 10.0 Å². The van der Waals surface area contributed by atoms with Gasteiger partial charge in [0.25, 0.3) is 10.0 Å². The van der Waals surface area contributed by atoms with Gasteiger partial charge in [-0.25, -0.2) is 13.4 Å². The first kappa shape index (κ1) is 20.8. The summed E-state index contributed by atoms with van der Waals surface area (Å²) < 4.78 is 32.9. The van der Waals surface area contributed by atoms with Crippen molar-refractivity contribution in [2.24, 2.45) is 0 Å². The summed E-state index contributed by atoms with van der Waals surface area (Å²) in [5, 5.41) is 4.75. The molecule has 0 aliphatic carbocycles. The highest BCUT2D eigenvalue weighted by atomic mass is 32.2. The highest BCUT2D eigenvalue weighted by Crippen LogP contribution is 2.23. The average molecular weight is 454 g/mol. The molecule has 7 nitrogen and oxygen atoms in total. The third-order valence-corrected chi connectivity index (χ3v) is 6.59. The second-order valence-electron chi connectivity index (χ2n) is 6.65. The van der Waals surface area contributed by atoms with Crippen LogP contribution in [0.3, 0.4) is 0 Å². The third kappa shape index (κ3) is 5.39. The Morgan fingerprint density at radius 1 is 1.00 bits per heavy atom. The molecule has 1 amide bonds. The highest BCUT2D eigenvalue weighted by Gasteiger charge is 2.15. The maximum atomic E-state index is 12.4. The minimum atomic E-state index is -3.72. The van der Waals surface area contributed by atoms with Crippen LogP contribution in [0.4, 0.5) is 10.8 Å². The Morgan fingerprint density at radius 3 is 2.48 bits per heavy atom. The SMILES string of the molecule is O=C(CCc1ccc(-c2ccccc2)o1)Nc1ccc(S(=O)(=O)Nc2nccs2)cc1. The van der Waals surface area contributed by atoms with Crippen molar-refractivity contribution >= 4 is 38.1 Å². The molecule has 0 aliphatic heterocycles. The lowest BCUT2D eigenvalue weighted by atomic mass is 10.2. The zero-order valence-electron chi connectivity index (χ0n) is 16.3. The van der Waals surface area contributed by atoms with E-state index in [1.54, 1.807) is 17.5 Å². The Morgan fingerprint density at radius 2 is 1.77 bits per heavy atom. The molecule has 0 aliphatic rings. The number of amides is 1. The first-order valence-corrected chi connectivity index (χ1v) is 11.8. The molecular formula is C22H19N3O4S2. The molecule has 158 valence electrons. The van der Waals surface area contributed by atoms with Crippen LogP contribution in [0.1, 0.15) is 12.2 Å². The molecule has 2 N–H and O–H groups in total. The van der Waals surface area contributed by atoms with E-state index in [4.69, 9.17) is 4.42 Å². The number of aryl methyl sites for hydroxylation is 1. The molecule has 4 aromatic rings. The number of sulfonamides is 1. The molecule has 0 saturated heterocycles.